The number of fused-ring (bicyclic) bond motifs is 2. The van der Waals surface area contributed by atoms with Gasteiger partial charge in [0.2, 0.25) is 0 Å². The first-order chi connectivity index (χ1) is 5.38. The molecule has 64 valence electrons. The van der Waals surface area contributed by atoms with Crippen molar-refractivity contribution in [1.29, 1.82) is 0 Å². The summed E-state index contributed by atoms with van der Waals surface area (Å²) < 4.78 is 16.3. The van der Waals surface area contributed by atoms with Gasteiger partial charge in [0, 0.05) is 20.0 Å². The van der Waals surface area contributed by atoms with Crippen LogP contribution in [0.2, 0.25) is 0 Å². The highest BCUT2D eigenvalue weighted by atomic mass is 16.6. The van der Waals surface area contributed by atoms with E-state index in [0.29, 0.717) is 6.10 Å². The number of hydrogen-bond acceptors (Lipinski definition) is 3. The van der Waals surface area contributed by atoms with Crippen molar-refractivity contribution in [1.82, 2.24) is 0 Å². The Morgan fingerprint density at radius 3 is 2.36 bits per heavy atom. The van der Waals surface area contributed by atoms with Gasteiger partial charge in [0.05, 0.1) is 31.5 Å². The third kappa shape index (κ3) is 1.55. The molecule has 3 nitrogen and oxygen atoms in total. The van der Waals surface area contributed by atoms with E-state index < -0.39 is 0 Å². The summed E-state index contributed by atoms with van der Waals surface area (Å²) in [5.74, 6) is 0. The average molecular weight is 158 g/mol. The molecule has 0 N–H and O–H groups in total. The van der Waals surface area contributed by atoms with Crippen LogP contribution >= 0.6 is 0 Å². The molecule has 3 heteroatoms. The second kappa shape index (κ2) is 3.09. The molecule has 0 saturated carbocycles. The van der Waals surface area contributed by atoms with Crippen molar-refractivity contribution in [3.63, 3.8) is 0 Å². The van der Waals surface area contributed by atoms with Gasteiger partial charge in [-0.2, -0.15) is 0 Å². The number of hydrogen-bond donors (Lipinski definition) is 0. The third-order valence-electron chi connectivity index (χ3n) is 2.38. The molecule has 11 heavy (non-hydrogen) atoms. The van der Waals surface area contributed by atoms with E-state index in [-0.39, 0.29) is 12.2 Å². The van der Waals surface area contributed by atoms with Gasteiger partial charge in [-0.3, -0.25) is 0 Å². The van der Waals surface area contributed by atoms with Crippen molar-refractivity contribution in [3.8, 4) is 0 Å². The summed E-state index contributed by atoms with van der Waals surface area (Å²) in [7, 11) is 1.77. The van der Waals surface area contributed by atoms with Crippen molar-refractivity contribution in [3.05, 3.63) is 0 Å². The lowest BCUT2D eigenvalue weighted by Crippen LogP contribution is -2.45. The molecule has 1 unspecified atom stereocenters. The smallest absolute Gasteiger partial charge is 0.0838 e. The van der Waals surface area contributed by atoms with Crippen LogP contribution in [0.1, 0.15) is 12.8 Å². The Bertz CT molecular complexity index is 125. The minimum atomic E-state index is 0.285. The number of rotatable bonds is 1. The predicted molar refractivity (Wildman–Crippen MR) is 39.5 cm³/mol. The summed E-state index contributed by atoms with van der Waals surface area (Å²) in [6, 6.07) is 0. The molecule has 2 saturated heterocycles. The maximum absolute atomic E-state index is 5.65. The van der Waals surface area contributed by atoms with E-state index in [1.165, 1.54) is 0 Å². The minimum absolute atomic E-state index is 0.285. The highest BCUT2D eigenvalue weighted by Gasteiger charge is 2.32. The Kier molecular flexibility index (Phi) is 2.11. The first-order valence-electron chi connectivity index (χ1n) is 4.14. The molecule has 2 rings (SSSR count). The quantitative estimate of drug-likeness (QED) is 0.558. The Balaban J connectivity index is 1.94. The maximum Gasteiger partial charge on any atom is 0.0838 e. The summed E-state index contributed by atoms with van der Waals surface area (Å²) in [4.78, 5) is 0. The molecule has 0 radical (unpaired) electrons. The normalized spacial score (nSPS) is 43.9. The highest BCUT2D eigenvalue weighted by Crippen LogP contribution is 2.25. The van der Waals surface area contributed by atoms with Crippen LogP contribution in [-0.4, -0.2) is 38.6 Å². The fourth-order valence-electron chi connectivity index (χ4n) is 1.80. The zero-order valence-electron chi connectivity index (χ0n) is 6.79. The lowest BCUT2D eigenvalue weighted by atomic mass is 10.00. The van der Waals surface area contributed by atoms with Crippen molar-refractivity contribution in [2.75, 3.05) is 20.3 Å². The van der Waals surface area contributed by atoms with E-state index in [2.05, 4.69) is 0 Å². The van der Waals surface area contributed by atoms with Crippen LogP contribution in [0, 0.1) is 0 Å². The molecule has 0 aliphatic carbocycles. The van der Waals surface area contributed by atoms with E-state index >= 15 is 0 Å². The van der Waals surface area contributed by atoms with Gasteiger partial charge < -0.3 is 14.2 Å². The molecular weight excluding hydrogens is 144 g/mol. The van der Waals surface area contributed by atoms with Gasteiger partial charge in [-0.15, -0.1) is 0 Å². The van der Waals surface area contributed by atoms with Gasteiger partial charge in [-0.1, -0.05) is 0 Å². The van der Waals surface area contributed by atoms with E-state index in [9.17, 15) is 0 Å². The lowest BCUT2D eigenvalue weighted by molar-refractivity contribution is -0.188. The fraction of sp³-hybridized carbons (Fsp3) is 1.00. The molecule has 2 fully saturated rings. The SMILES string of the molecule is COC1C[C@H]2COC[C@@H](C1)O2. The molecule has 2 aliphatic rings. The van der Waals surface area contributed by atoms with E-state index in [1.807, 2.05) is 0 Å². The van der Waals surface area contributed by atoms with Crippen LogP contribution in [0.15, 0.2) is 0 Å². The van der Waals surface area contributed by atoms with Gasteiger partial charge in [0.25, 0.3) is 0 Å². The molecule has 0 aromatic heterocycles. The third-order valence-corrected chi connectivity index (χ3v) is 2.38. The van der Waals surface area contributed by atoms with Crippen molar-refractivity contribution < 1.29 is 14.2 Å². The van der Waals surface area contributed by atoms with E-state index in [0.717, 1.165) is 26.1 Å². The number of methoxy groups -OCH3 is 1. The van der Waals surface area contributed by atoms with Crippen molar-refractivity contribution in [2.45, 2.75) is 31.2 Å². The van der Waals surface area contributed by atoms with Crippen LogP contribution in [0.25, 0.3) is 0 Å². The summed E-state index contributed by atoms with van der Waals surface area (Å²) in [5.41, 5.74) is 0. The predicted octanol–water partition coefficient (Wildman–Crippen LogP) is 0.579. The first kappa shape index (κ1) is 7.53. The summed E-state index contributed by atoms with van der Waals surface area (Å²) >= 11 is 0. The van der Waals surface area contributed by atoms with Gasteiger partial charge in [-0.05, 0) is 0 Å². The van der Waals surface area contributed by atoms with Crippen molar-refractivity contribution in [2.24, 2.45) is 0 Å². The molecule has 2 aliphatic heterocycles. The van der Waals surface area contributed by atoms with Crippen LogP contribution in [-0.2, 0) is 14.2 Å². The molecule has 2 bridgehead atoms. The van der Waals surface area contributed by atoms with Crippen LogP contribution in [0.5, 0.6) is 0 Å². The monoisotopic (exact) mass is 158 g/mol. The Hall–Kier alpha value is -0.120. The Morgan fingerprint density at radius 1 is 1.18 bits per heavy atom. The van der Waals surface area contributed by atoms with Gasteiger partial charge >= 0.3 is 0 Å². The van der Waals surface area contributed by atoms with Gasteiger partial charge in [-0.25, -0.2) is 0 Å². The molecule has 0 aromatic rings. The van der Waals surface area contributed by atoms with Crippen LogP contribution < -0.4 is 0 Å². The van der Waals surface area contributed by atoms with Crippen LogP contribution in [0.3, 0.4) is 0 Å². The molecular formula is C8H14O3. The van der Waals surface area contributed by atoms with E-state index in [1.54, 1.807) is 7.11 Å². The Morgan fingerprint density at radius 2 is 1.82 bits per heavy atom. The van der Waals surface area contributed by atoms with Crippen LogP contribution in [0.4, 0.5) is 0 Å². The molecule has 0 amide bonds. The number of ether oxygens (including phenoxy) is 3. The standard InChI is InChI=1S/C8H14O3/c1-9-6-2-7-4-10-5-8(3-6)11-7/h6-8H,2-5H2,1H3/t6?,7-,8+. The maximum atomic E-state index is 5.65. The highest BCUT2D eigenvalue weighted by molar-refractivity contribution is 4.80. The molecule has 2 heterocycles. The zero-order valence-corrected chi connectivity index (χ0v) is 6.79. The second-order valence-electron chi connectivity index (χ2n) is 3.25. The van der Waals surface area contributed by atoms with Crippen molar-refractivity contribution >= 4 is 0 Å². The largest absolute Gasteiger partial charge is 0.381 e. The van der Waals surface area contributed by atoms with Gasteiger partial charge in [0.1, 0.15) is 0 Å². The zero-order chi connectivity index (χ0) is 7.68. The van der Waals surface area contributed by atoms with E-state index in [4.69, 9.17) is 14.2 Å². The summed E-state index contributed by atoms with van der Waals surface area (Å²) in [6.45, 7) is 1.49. The fourth-order valence-corrected chi connectivity index (χ4v) is 1.80. The lowest BCUT2D eigenvalue weighted by Gasteiger charge is -2.38. The average Bonchev–Trinajstić information content (AvgIpc) is 2.03. The first-order valence-corrected chi connectivity index (χ1v) is 4.14. The summed E-state index contributed by atoms with van der Waals surface area (Å²) in [5, 5.41) is 0. The summed E-state index contributed by atoms with van der Waals surface area (Å²) in [6.07, 6.45) is 2.95. The molecule has 3 atom stereocenters. The topological polar surface area (TPSA) is 27.7 Å². The van der Waals surface area contributed by atoms with Gasteiger partial charge in [0.15, 0.2) is 0 Å². The molecule has 0 spiro atoms. The Labute approximate surface area is 66.6 Å². The second-order valence-corrected chi connectivity index (χ2v) is 3.25. The minimum Gasteiger partial charge on any atom is -0.381 e. The molecule has 0 aromatic carbocycles.